The molecular formula is C11H7BrO3. The molecule has 0 bridgehead atoms. The number of ketones is 1. The van der Waals surface area contributed by atoms with Crippen LogP contribution >= 0.6 is 15.9 Å². The molecule has 0 radical (unpaired) electrons. The van der Waals surface area contributed by atoms with E-state index in [2.05, 4.69) is 15.9 Å². The van der Waals surface area contributed by atoms with Gasteiger partial charge in [-0.3, -0.25) is 4.79 Å². The molecular weight excluding hydrogens is 260 g/mol. The first-order valence-corrected chi connectivity index (χ1v) is 5.12. The van der Waals surface area contributed by atoms with Gasteiger partial charge in [0.25, 0.3) is 0 Å². The minimum absolute atomic E-state index is 0.0781. The summed E-state index contributed by atoms with van der Waals surface area (Å²) in [4.78, 5) is 22.5. The van der Waals surface area contributed by atoms with Gasteiger partial charge in [0.05, 0.1) is 0 Å². The lowest BCUT2D eigenvalue weighted by Crippen LogP contribution is -2.10. The Morgan fingerprint density at radius 3 is 2.80 bits per heavy atom. The van der Waals surface area contributed by atoms with Crippen molar-refractivity contribution in [3.8, 4) is 0 Å². The summed E-state index contributed by atoms with van der Waals surface area (Å²) in [5.74, 6) is -0.290. The average molecular weight is 267 g/mol. The van der Waals surface area contributed by atoms with Crippen LogP contribution < -0.4 is 5.63 Å². The van der Waals surface area contributed by atoms with Crippen LogP contribution in [0.25, 0.3) is 11.0 Å². The lowest BCUT2D eigenvalue weighted by Gasteiger charge is -2.00. The molecule has 76 valence electrons. The van der Waals surface area contributed by atoms with E-state index in [-0.39, 0.29) is 11.3 Å². The summed E-state index contributed by atoms with van der Waals surface area (Å²) in [5.41, 5.74) is -0.0399. The molecule has 4 heteroatoms. The average Bonchev–Trinajstić information content (AvgIpc) is 2.16. The van der Waals surface area contributed by atoms with E-state index in [1.54, 1.807) is 18.2 Å². The first-order valence-electron chi connectivity index (χ1n) is 4.33. The van der Waals surface area contributed by atoms with Crippen LogP contribution in [0.5, 0.6) is 0 Å². The van der Waals surface area contributed by atoms with Gasteiger partial charge in [0.15, 0.2) is 5.78 Å². The molecule has 0 amide bonds. The Bertz CT molecular complexity index is 598. The summed E-state index contributed by atoms with van der Waals surface area (Å²) >= 11 is 3.33. The predicted molar refractivity (Wildman–Crippen MR) is 60.2 cm³/mol. The highest BCUT2D eigenvalue weighted by Gasteiger charge is 2.10. The van der Waals surface area contributed by atoms with Crippen molar-refractivity contribution in [3.63, 3.8) is 0 Å². The zero-order chi connectivity index (χ0) is 11.0. The Balaban J connectivity index is 2.90. The molecule has 0 aliphatic carbocycles. The maximum absolute atomic E-state index is 11.4. The third-order valence-electron chi connectivity index (χ3n) is 2.10. The standard InChI is InChI=1S/C11H7BrO3/c1-6(13)7-5-8-9(12)3-2-4-10(8)15-11(7)14/h2-5H,1H3. The molecule has 0 aliphatic rings. The van der Waals surface area contributed by atoms with Gasteiger partial charge in [-0.1, -0.05) is 22.0 Å². The third kappa shape index (κ3) is 1.72. The first-order chi connectivity index (χ1) is 7.09. The second kappa shape index (κ2) is 3.62. The predicted octanol–water partition coefficient (Wildman–Crippen LogP) is 2.76. The van der Waals surface area contributed by atoms with Gasteiger partial charge in [0.2, 0.25) is 0 Å². The lowest BCUT2D eigenvalue weighted by atomic mass is 10.1. The maximum atomic E-state index is 11.4. The van der Waals surface area contributed by atoms with Crippen molar-refractivity contribution < 1.29 is 9.21 Å². The highest BCUT2D eigenvalue weighted by Crippen LogP contribution is 2.23. The number of Topliss-reactive ketones (excluding diaryl/α,β-unsaturated/α-hetero) is 1. The largest absolute Gasteiger partial charge is 0.422 e. The Morgan fingerprint density at radius 1 is 1.40 bits per heavy atom. The smallest absolute Gasteiger partial charge is 0.347 e. The number of hydrogen-bond donors (Lipinski definition) is 0. The molecule has 0 unspecified atom stereocenters. The van der Waals surface area contributed by atoms with Crippen LogP contribution in [0.1, 0.15) is 17.3 Å². The highest BCUT2D eigenvalue weighted by atomic mass is 79.9. The molecule has 0 saturated heterocycles. The maximum Gasteiger partial charge on any atom is 0.347 e. The number of carbonyl (C=O) groups is 1. The van der Waals surface area contributed by atoms with Crippen molar-refractivity contribution in [2.45, 2.75) is 6.92 Å². The Hall–Kier alpha value is -1.42. The number of rotatable bonds is 1. The molecule has 1 aromatic carbocycles. The number of hydrogen-bond acceptors (Lipinski definition) is 3. The molecule has 0 N–H and O–H groups in total. The molecule has 0 spiro atoms. The summed E-state index contributed by atoms with van der Waals surface area (Å²) in [6.07, 6.45) is 0. The lowest BCUT2D eigenvalue weighted by molar-refractivity contribution is 0.101. The zero-order valence-corrected chi connectivity index (χ0v) is 9.50. The summed E-state index contributed by atoms with van der Waals surface area (Å²) in [6.45, 7) is 1.34. The van der Waals surface area contributed by atoms with Gasteiger partial charge < -0.3 is 4.42 Å². The van der Waals surface area contributed by atoms with Crippen molar-refractivity contribution in [2.24, 2.45) is 0 Å². The van der Waals surface area contributed by atoms with Crippen LogP contribution in [0.15, 0.2) is 37.9 Å². The number of halogens is 1. The van der Waals surface area contributed by atoms with Gasteiger partial charge in [-0.05, 0) is 25.1 Å². The van der Waals surface area contributed by atoms with Crippen LogP contribution in [-0.2, 0) is 0 Å². The van der Waals surface area contributed by atoms with Gasteiger partial charge in [0, 0.05) is 9.86 Å². The van der Waals surface area contributed by atoms with Crippen molar-refractivity contribution in [2.75, 3.05) is 0 Å². The molecule has 15 heavy (non-hydrogen) atoms. The van der Waals surface area contributed by atoms with E-state index < -0.39 is 5.63 Å². The topological polar surface area (TPSA) is 47.3 Å². The van der Waals surface area contributed by atoms with Gasteiger partial charge in [0.1, 0.15) is 11.1 Å². The zero-order valence-electron chi connectivity index (χ0n) is 7.91. The van der Waals surface area contributed by atoms with E-state index in [4.69, 9.17) is 4.42 Å². The number of fused-ring (bicyclic) bond motifs is 1. The van der Waals surface area contributed by atoms with E-state index in [1.807, 2.05) is 6.07 Å². The minimum atomic E-state index is -0.590. The Labute approximate surface area is 93.8 Å². The molecule has 1 heterocycles. The molecule has 2 aromatic rings. The molecule has 0 aliphatic heterocycles. The van der Waals surface area contributed by atoms with E-state index in [1.165, 1.54) is 6.92 Å². The normalized spacial score (nSPS) is 10.5. The van der Waals surface area contributed by atoms with Crippen molar-refractivity contribution >= 4 is 32.7 Å². The van der Waals surface area contributed by atoms with Crippen LogP contribution in [-0.4, -0.2) is 5.78 Å². The van der Waals surface area contributed by atoms with E-state index in [0.717, 1.165) is 9.86 Å². The molecule has 0 saturated carbocycles. The van der Waals surface area contributed by atoms with Crippen LogP contribution in [0.2, 0.25) is 0 Å². The van der Waals surface area contributed by atoms with Crippen LogP contribution in [0.4, 0.5) is 0 Å². The van der Waals surface area contributed by atoms with Gasteiger partial charge in [-0.25, -0.2) is 4.79 Å². The quantitative estimate of drug-likeness (QED) is 0.589. The fourth-order valence-corrected chi connectivity index (χ4v) is 1.81. The molecule has 2 rings (SSSR count). The number of carbonyl (C=O) groups excluding carboxylic acids is 1. The summed E-state index contributed by atoms with van der Waals surface area (Å²) < 4.78 is 5.83. The minimum Gasteiger partial charge on any atom is -0.422 e. The van der Waals surface area contributed by atoms with Crippen molar-refractivity contribution in [1.82, 2.24) is 0 Å². The van der Waals surface area contributed by atoms with E-state index >= 15 is 0 Å². The molecule has 0 fully saturated rings. The monoisotopic (exact) mass is 266 g/mol. The highest BCUT2D eigenvalue weighted by molar-refractivity contribution is 9.10. The molecule has 0 atom stereocenters. The molecule has 1 aromatic heterocycles. The summed E-state index contributed by atoms with van der Waals surface area (Å²) in [7, 11) is 0. The third-order valence-corrected chi connectivity index (χ3v) is 2.79. The van der Waals surface area contributed by atoms with Gasteiger partial charge in [-0.2, -0.15) is 0 Å². The van der Waals surface area contributed by atoms with Crippen LogP contribution in [0, 0.1) is 0 Å². The van der Waals surface area contributed by atoms with Gasteiger partial charge >= 0.3 is 5.63 Å². The van der Waals surface area contributed by atoms with E-state index in [9.17, 15) is 9.59 Å². The fourth-order valence-electron chi connectivity index (χ4n) is 1.35. The SMILES string of the molecule is CC(=O)c1cc2c(Br)cccc2oc1=O. The Kier molecular flexibility index (Phi) is 2.44. The fraction of sp³-hybridized carbons (Fsp3) is 0.0909. The van der Waals surface area contributed by atoms with Crippen LogP contribution in [0.3, 0.4) is 0 Å². The van der Waals surface area contributed by atoms with Gasteiger partial charge in [-0.15, -0.1) is 0 Å². The Morgan fingerprint density at radius 2 is 2.13 bits per heavy atom. The summed E-state index contributed by atoms with van der Waals surface area (Å²) in [6, 6.07) is 6.83. The second-order valence-corrected chi connectivity index (χ2v) is 4.01. The van der Waals surface area contributed by atoms with Crippen molar-refractivity contribution in [1.29, 1.82) is 0 Å². The second-order valence-electron chi connectivity index (χ2n) is 3.16. The van der Waals surface area contributed by atoms with E-state index in [0.29, 0.717) is 5.58 Å². The molecule has 3 nitrogen and oxygen atoms in total. The van der Waals surface area contributed by atoms with Crippen molar-refractivity contribution in [3.05, 3.63) is 44.7 Å². The summed E-state index contributed by atoms with van der Waals surface area (Å²) in [5, 5.41) is 0.724. The first kappa shape index (κ1) is 10.1. The number of benzene rings is 1.